The van der Waals surface area contributed by atoms with Crippen molar-refractivity contribution in [2.45, 2.75) is 19.0 Å². The highest BCUT2D eigenvalue weighted by molar-refractivity contribution is 8.14. The van der Waals surface area contributed by atoms with Crippen LogP contribution in [0.5, 0.6) is 0 Å². The van der Waals surface area contributed by atoms with Gasteiger partial charge in [0.15, 0.2) is 15.0 Å². The molecule has 0 saturated carbocycles. The standard InChI is InChI=1S/C20H20ClN3O3S2/c1-13-5-7-16(8-6-13)24-18-12-29(26,27)11-17(18)23-20(24)28-10-19(25)22-15-4-2-3-14(21)9-15/h2-9,17-18H,10-12H2,1H3,(H,22,25). The molecule has 0 aromatic heterocycles. The largest absolute Gasteiger partial charge is 0.325 e. The van der Waals surface area contributed by atoms with Crippen molar-refractivity contribution in [1.29, 1.82) is 0 Å². The highest BCUT2D eigenvalue weighted by Gasteiger charge is 2.47. The van der Waals surface area contributed by atoms with E-state index in [1.807, 2.05) is 36.1 Å². The Morgan fingerprint density at radius 1 is 1.24 bits per heavy atom. The van der Waals surface area contributed by atoms with E-state index < -0.39 is 9.84 Å². The first-order valence-corrected chi connectivity index (χ1v) is 12.3. The number of sulfone groups is 1. The number of anilines is 2. The Bertz CT molecular complexity index is 1070. The van der Waals surface area contributed by atoms with Crippen LogP contribution >= 0.6 is 23.4 Å². The van der Waals surface area contributed by atoms with Gasteiger partial charge in [-0.15, -0.1) is 0 Å². The van der Waals surface area contributed by atoms with Crippen LogP contribution in [0.2, 0.25) is 5.02 Å². The Hall–Kier alpha value is -2.03. The predicted octanol–water partition coefficient (Wildman–Crippen LogP) is 3.36. The second-order valence-electron chi connectivity index (χ2n) is 7.18. The van der Waals surface area contributed by atoms with Crippen LogP contribution in [0.15, 0.2) is 53.5 Å². The van der Waals surface area contributed by atoms with Crippen molar-refractivity contribution >= 4 is 55.6 Å². The summed E-state index contributed by atoms with van der Waals surface area (Å²) in [6.45, 7) is 2.00. The number of thioether (sulfide) groups is 1. The van der Waals surface area contributed by atoms with Gasteiger partial charge in [0.1, 0.15) is 0 Å². The van der Waals surface area contributed by atoms with Gasteiger partial charge in [-0.3, -0.25) is 9.79 Å². The number of benzene rings is 2. The monoisotopic (exact) mass is 449 g/mol. The Morgan fingerprint density at radius 2 is 2.00 bits per heavy atom. The average Bonchev–Trinajstić information content (AvgIpc) is 3.12. The molecule has 2 unspecified atom stereocenters. The number of amides is 1. The number of fused-ring (bicyclic) bond motifs is 1. The minimum absolute atomic E-state index is 0.0544. The molecular weight excluding hydrogens is 430 g/mol. The molecule has 2 aliphatic rings. The van der Waals surface area contributed by atoms with E-state index in [1.165, 1.54) is 11.8 Å². The molecule has 2 aliphatic heterocycles. The summed E-state index contributed by atoms with van der Waals surface area (Å²) >= 11 is 7.27. The third-order valence-corrected chi connectivity index (χ3v) is 7.76. The lowest BCUT2D eigenvalue weighted by Crippen LogP contribution is -2.39. The van der Waals surface area contributed by atoms with Gasteiger partial charge in [0.2, 0.25) is 5.91 Å². The van der Waals surface area contributed by atoms with Gasteiger partial charge in [-0.25, -0.2) is 8.42 Å². The second kappa shape index (κ2) is 8.01. The molecule has 1 fully saturated rings. The Balaban J connectivity index is 1.50. The van der Waals surface area contributed by atoms with Crippen LogP contribution in [0, 0.1) is 6.92 Å². The zero-order valence-corrected chi connectivity index (χ0v) is 18.1. The van der Waals surface area contributed by atoms with Gasteiger partial charge in [0.05, 0.1) is 29.3 Å². The van der Waals surface area contributed by atoms with Crippen LogP contribution in [0.1, 0.15) is 5.56 Å². The summed E-state index contributed by atoms with van der Waals surface area (Å²) in [5.74, 6) is 0.125. The van der Waals surface area contributed by atoms with E-state index in [-0.39, 0.29) is 35.2 Å². The van der Waals surface area contributed by atoms with Crippen LogP contribution in [-0.2, 0) is 14.6 Å². The molecule has 1 saturated heterocycles. The second-order valence-corrected chi connectivity index (χ2v) is 10.7. The normalized spacial score (nSPS) is 22.3. The van der Waals surface area contributed by atoms with E-state index in [0.29, 0.717) is 15.9 Å². The number of amidine groups is 1. The molecule has 0 radical (unpaired) electrons. The molecule has 2 atom stereocenters. The van der Waals surface area contributed by atoms with E-state index in [4.69, 9.17) is 11.6 Å². The molecule has 6 nitrogen and oxygen atoms in total. The Morgan fingerprint density at radius 3 is 2.72 bits per heavy atom. The van der Waals surface area contributed by atoms with Crippen molar-refractivity contribution < 1.29 is 13.2 Å². The van der Waals surface area contributed by atoms with Gasteiger partial charge in [-0.1, -0.05) is 47.1 Å². The maximum Gasteiger partial charge on any atom is 0.234 e. The van der Waals surface area contributed by atoms with Crippen molar-refractivity contribution in [2.24, 2.45) is 4.99 Å². The van der Waals surface area contributed by atoms with Gasteiger partial charge in [-0.2, -0.15) is 0 Å². The number of hydrogen-bond acceptors (Lipinski definition) is 6. The molecule has 2 aromatic rings. The number of nitrogens with one attached hydrogen (secondary N) is 1. The van der Waals surface area contributed by atoms with Crippen LogP contribution in [0.3, 0.4) is 0 Å². The number of carbonyl (C=O) groups is 1. The molecule has 1 N–H and O–H groups in total. The molecular formula is C20H20ClN3O3S2. The van der Waals surface area contributed by atoms with Crippen molar-refractivity contribution in [3.05, 3.63) is 59.1 Å². The van der Waals surface area contributed by atoms with Crippen LogP contribution in [-0.4, -0.2) is 48.8 Å². The van der Waals surface area contributed by atoms with Crippen LogP contribution < -0.4 is 10.2 Å². The van der Waals surface area contributed by atoms with Crippen molar-refractivity contribution in [3.8, 4) is 0 Å². The van der Waals surface area contributed by atoms with E-state index >= 15 is 0 Å². The highest BCUT2D eigenvalue weighted by Crippen LogP contribution is 2.35. The lowest BCUT2D eigenvalue weighted by Gasteiger charge is -2.26. The van der Waals surface area contributed by atoms with Gasteiger partial charge >= 0.3 is 0 Å². The van der Waals surface area contributed by atoms with E-state index in [1.54, 1.807) is 24.3 Å². The first-order chi connectivity index (χ1) is 13.8. The fraction of sp³-hybridized carbons (Fsp3) is 0.300. The lowest BCUT2D eigenvalue weighted by molar-refractivity contribution is -0.113. The number of carbonyl (C=O) groups excluding carboxylic acids is 1. The van der Waals surface area contributed by atoms with Gasteiger partial charge in [-0.05, 0) is 37.3 Å². The third kappa shape index (κ3) is 4.60. The third-order valence-electron chi connectivity index (χ3n) is 4.86. The summed E-state index contributed by atoms with van der Waals surface area (Å²) in [4.78, 5) is 19.0. The van der Waals surface area contributed by atoms with Crippen LogP contribution in [0.4, 0.5) is 11.4 Å². The minimum atomic E-state index is -3.10. The number of aliphatic imine (C=N–C) groups is 1. The molecule has 152 valence electrons. The molecule has 2 heterocycles. The highest BCUT2D eigenvalue weighted by atomic mass is 35.5. The minimum Gasteiger partial charge on any atom is -0.325 e. The molecule has 29 heavy (non-hydrogen) atoms. The SMILES string of the molecule is Cc1ccc(N2C(SCC(=O)Nc3cccc(Cl)c3)=NC3CS(=O)(=O)CC32)cc1. The van der Waals surface area contributed by atoms with Crippen molar-refractivity contribution in [1.82, 2.24) is 0 Å². The smallest absolute Gasteiger partial charge is 0.234 e. The fourth-order valence-electron chi connectivity index (χ4n) is 3.53. The Labute approximate surface area is 179 Å². The number of halogens is 1. The molecule has 9 heteroatoms. The van der Waals surface area contributed by atoms with Gasteiger partial charge in [0, 0.05) is 16.4 Å². The zero-order chi connectivity index (χ0) is 20.6. The lowest BCUT2D eigenvalue weighted by atomic mass is 10.1. The summed E-state index contributed by atoms with van der Waals surface area (Å²) in [7, 11) is -3.10. The van der Waals surface area contributed by atoms with Gasteiger partial charge in [0.25, 0.3) is 0 Å². The maximum atomic E-state index is 12.4. The number of aryl methyl sites for hydroxylation is 1. The summed E-state index contributed by atoms with van der Waals surface area (Å²) in [6.07, 6.45) is 0. The number of rotatable bonds is 4. The molecule has 0 spiro atoms. The first kappa shape index (κ1) is 20.3. The maximum absolute atomic E-state index is 12.4. The number of nitrogens with zero attached hydrogens (tertiary/aromatic N) is 2. The van der Waals surface area contributed by atoms with E-state index in [2.05, 4.69) is 10.3 Å². The molecule has 2 aromatic carbocycles. The molecule has 0 bridgehead atoms. The average molecular weight is 450 g/mol. The van der Waals surface area contributed by atoms with Gasteiger partial charge < -0.3 is 10.2 Å². The molecule has 4 rings (SSSR count). The Kier molecular flexibility index (Phi) is 5.59. The summed E-state index contributed by atoms with van der Waals surface area (Å²) < 4.78 is 24.2. The molecule has 0 aliphatic carbocycles. The topological polar surface area (TPSA) is 78.8 Å². The van der Waals surface area contributed by atoms with Crippen molar-refractivity contribution in [2.75, 3.05) is 27.5 Å². The quantitative estimate of drug-likeness (QED) is 0.774. The van der Waals surface area contributed by atoms with E-state index in [9.17, 15) is 13.2 Å². The molecule has 1 amide bonds. The summed E-state index contributed by atoms with van der Waals surface area (Å²) in [6, 6.07) is 14.4. The summed E-state index contributed by atoms with van der Waals surface area (Å²) in [5, 5.41) is 4.05. The zero-order valence-electron chi connectivity index (χ0n) is 15.7. The van der Waals surface area contributed by atoms with Crippen molar-refractivity contribution in [3.63, 3.8) is 0 Å². The predicted molar refractivity (Wildman–Crippen MR) is 120 cm³/mol. The van der Waals surface area contributed by atoms with Crippen LogP contribution in [0.25, 0.3) is 0 Å². The summed E-state index contributed by atoms with van der Waals surface area (Å²) in [5.41, 5.74) is 2.65. The first-order valence-electron chi connectivity index (χ1n) is 9.13. The fourth-order valence-corrected chi connectivity index (χ4v) is 6.49. The van der Waals surface area contributed by atoms with E-state index in [0.717, 1.165) is 11.3 Å². The number of hydrogen-bond donors (Lipinski definition) is 1.